The van der Waals surface area contributed by atoms with Crippen LogP contribution < -0.4 is 5.73 Å². The van der Waals surface area contributed by atoms with E-state index in [1.165, 1.54) is 16.7 Å². The Kier molecular flexibility index (Phi) is 6.23. The molecular weight excluding hydrogens is 458 g/mol. The molecule has 184 valence electrons. The minimum absolute atomic E-state index is 0.178. The van der Waals surface area contributed by atoms with E-state index < -0.39 is 0 Å². The number of ketones is 1. The number of anilines is 1. The number of hydrogen-bond acceptors (Lipinski definition) is 5. The number of fused-ring (bicyclic) bond motifs is 2. The lowest BCUT2D eigenvalue weighted by Gasteiger charge is -2.32. The highest BCUT2D eigenvalue weighted by molar-refractivity contribution is 5.83. The van der Waals surface area contributed by atoms with Gasteiger partial charge in [0.1, 0.15) is 17.1 Å². The van der Waals surface area contributed by atoms with Gasteiger partial charge >= 0.3 is 0 Å². The molecule has 0 spiro atoms. The van der Waals surface area contributed by atoms with E-state index in [0.717, 1.165) is 24.0 Å². The summed E-state index contributed by atoms with van der Waals surface area (Å²) in [4.78, 5) is 18.0. The number of nitrogens with zero attached hydrogens (tertiary/aromatic N) is 3. The van der Waals surface area contributed by atoms with Gasteiger partial charge in [0.2, 0.25) is 5.65 Å². The normalized spacial score (nSPS) is 17.8. The molecule has 0 amide bonds. The highest BCUT2D eigenvalue weighted by Gasteiger charge is 2.30. The van der Waals surface area contributed by atoms with Crippen LogP contribution in [0.3, 0.4) is 0 Å². The maximum absolute atomic E-state index is 13.7. The van der Waals surface area contributed by atoms with Gasteiger partial charge in [0, 0.05) is 24.7 Å². The molecule has 6 rings (SSSR count). The van der Waals surface area contributed by atoms with E-state index in [1.54, 1.807) is 0 Å². The number of carbonyl (C=O) groups excluding carboxylic acids is 1. The quantitative estimate of drug-likeness (QED) is 0.288. The van der Waals surface area contributed by atoms with Crippen LogP contribution in [0.5, 0.6) is 0 Å². The molecule has 1 aliphatic carbocycles. The smallest absolute Gasteiger partial charge is 0.203 e. The molecule has 3 atom stereocenters. The molecular formula is C31H29N5O. The molecule has 0 bridgehead atoms. The molecule has 6 nitrogen and oxygen atoms in total. The summed E-state index contributed by atoms with van der Waals surface area (Å²) in [5.41, 5.74) is 13.2. The van der Waals surface area contributed by atoms with Gasteiger partial charge in [-0.1, -0.05) is 84.9 Å². The average molecular weight is 488 g/mol. The number of Topliss-reactive ketones (excluding diaryl/α,β-unsaturated/α-hetero) is 1. The SMILES string of the molecule is Nc1cc([C@H](CC(=O)CC2CCC(c3ccccc3)c3ccccc32)c2ccccc2)c2n[nH]nc2n1. The van der Waals surface area contributed by atoms with Crippen LogP contribution in [0.2, 0.25) is 0 Å². The van der Waals surface area contributed by atoms with Crippen molar-refractivity contribution in [3.63, 3.8) is 0 Å². The van der Waals surface area contributed by atoms with E-state index in [2.05, 4.69) is 87.1 Å². The Balaban J connectivity index is 1.29. The minimum Gasteiger partial charge on any atom is -0.384 e. The first kappa shape index (κ1) is 23.1. The van der Waals surface area contributed by atoms with Gasteiger partial charge in [-0.15, -0.1) is 5.10 Å². The number of nitrogens with one attached hydrogen (secondary N) is 1. The molecule has 3 N–H and O–H groups in total. The first-order chi connectivity index (χ1) is 18.2. The number of nitrogens with two attached hydrogens (primary N) is 1. The van der Waals surface area contributed by atoms with Crippen LogP contribution in [-0.2, 0) is 4.79 Å². The highest BCUT2D eigenvalue weighted by atomic mass is 16.1. The molecule has 2 heterocycles. The second-order valence-corrected chi connectivity index (χ2v) is 9.91. The summed E-state index contributed by atoms with van der Waals surface area (Å²) >= 11 is 0. The Labute approximate surface area is 216 Å². The molecule has 0 saturated heterocycles. The van der Waals surface area contributed by atoms with Crippen molar-refractivity contribution in [2.45, 2.75) is 43.4 Å². The minimum atomic E-state index is -0.178. The molecule has 0 radical (unpaired) electrons. The fourth-order valence-corrected chi connectivity index (χ4v) is 5.95. The van der Waals surface area contributed by atoms with Gasteiger partial charge in [-0.3, -0.25) is 4.79 Å². The Hall–Kier alpha value is -4.32. The Morgan fingerprint density at radius 2 is 1.59 bits per heavy atom. The maximum atomic E-state index is 13.7. The van der Waals surface area contributed by atoms with E-state index in [4.69, 9.17) is 5.73 Å². The number of aromatic nitrogens is 4. The lowest BCUT2D eigenvalue weighted by Crippen LogP contribution is -2.19. The van der Waals surface area contributed by atoms with Gasteiger partial charge in [0.05, 0.1) is 0 Å². The molecule has 2 aromatic heterocycles. The second-order valence-electron chi connectivity index (χ2n) is 9.91. The first-order valence-electron chi connectivity index (χ1n) is 12.8. The Morgan fingerprint density at radius 3 is 2.38 bits per heavy atom. The number of hydrogen-bond donors (Lipinski definition) is 2. The van der Waals surface area contributed by atoms with Crippen LogP contribution in [-0.4, -0.2) is 26.2 Å². The van der Waals surface area contributed by atoms with E-state index in [-0.39, 0.29) is 17.6 Å². The van der Waals surface area contributed by atoms with E-state index >= 15 is 0 Å². The summed E-state index contributed by atoms with van der Waals surface area (Å²) < 4.78 is 0. The third kappa shape index (κ3) is 4.62. The zero-order chi connectivity index (χ0) is 25.2. The van der Waals surface area contributed by atoms with Crippen molar-refractivity contribution in [1.82, 2.24) is 20.4 Å². The van der Waals surface area contributed by atoms with Crippen LogP contribution in [0.15, 0.2) is 91.0 Å². The Bertz CT molecular complexity index is 1530. The van der Waals surface area contributed by atoms with Crippen LogP contribution >= 0.6 is 0 Å². The fraction of sp³-hybridized carbons (Fsp3) is 0.226. The predicted octanol–water partition coefficient (Wildman–Crippen LogP) is 6.13. The molecule has 5 aromatic rings. The van der Waals surface area contributed by atoms with Crippen LogP contribution in [0.1, 0.15) is 71.3 Å². The molecule has 37 heavy (non-hydrogen) atoms. The number of H-pyrrole nitrogens is 1. The molecule has 6 heteroatoms. The van der Waals surface area contributed by atoms with Crippen molar-refractivity contribution in [1.29, 1.82) is 0 Å². The number of carbonyl (C=O) groups is 1. The number of rotatable bonds is 7. The maximum Gasteiger partial charge on any atom is 0.203 e. The van der Waals surface area contributed by atoms with Crippen molar-refractivity contribution >= 4 is 22.8 Å². The van der Waals surface area contributed by atoms with Gasteiger partial charge in [0.15, 0.2) is 0 Å². The molecule has 0 saturated carbocycles. The standard InChI is InChI=1S/C31H29N5O/c32-29-19-28(30-31(33-29)35-36-34-30)27(21-11-5-2-6-12-21)18-23(37)17-22-15-16-25(20-9-3-1-4-10-20)26-14-8-7-13-24(22)26/h1-14,19,22,25,27H,15-18H2,(H3,32,33,34,35,36)/t22?,25?,27-/m1/s1. The molecule has 0 fully saturated rings. The van der Waals surface area contributed by atoms with Gasteiger partial charge in [-0.2, -0.15) is 10.3 Å². The summed E-state index contributed by atoms with van der Waals surface area (Å²) in [5, 5.41) is 11.1. The lowest BCUT2D eigenvalue weighted by molar-refractivity contribution is -0.119. The van der Waals surface area contributed by atoms with Gasteiger partial charge < -0.3 is 5.73 Å². The number of aromatic amines is 1. The molecule has 1 aliphatic rings. The number of nitrogen functional groups attached to an aromatic ring is 1. The fourth-order valence-electron chi connectivity index (χ4n) is 5.95. The van der Waals surface area contributed by atoms with Crippen LogP contribution in [0.25, 0.3) is 11.2 Å². The largest absolute Gasteiger partial charge is 0.384 e. The third-order valence-electron chi connectivity index (χ3n) is 7.64. The zero-order valence-electron chi connectivity index (χ0n) is 20.5. The molecule has 0 aliphatic heterocycles. The highest BCUT2D eigenvalue weighted by Crippen LogP contribution is 2.44. The topological polar surface area (TPSA) is 97.6 Å². The summed E-state index contributed by atoms with van der Waals surface area (Å²) in [5.74, 6) is 1.02. The van der Waals surface area contributed by atoms with Crippen molar-refractivity contribution in [2.24, 2.45) is 0 Å². The number of pyridine rings is 1. The van der Waals surface area contributed by atoms with Gasteiger partial charge in [-0.25, -0.2) is 4.98 Å². The monoisotopic (exact) mass is 487 g/mol. The summed E-state index contributed by atoms with van der Waals surface area (Å²) in [7, 11) is 0. The van der Waals surface area contributed by atoms with Crippen molar-refractivity contribution in [3.05, 3.63) is 119 Å². The molecule has 2 unspecified atom stereocenters. The van der Waals surface area contributed by atoms with Crippen molar-refractivity contribution in [3.8, 4) is 0 Å². The van der Waals surface area contributed by atoms with Gasteiger partial charge in [0.25, 0.3) is 0 Å². The lowest BCUT2D eigenvalue weighted by atomic mass is 9.72. The average Bonchev–Trinajstić information content (AvgIpc) is 3.41. The number of benzene rings is 3. The van der Waals surface area contributed by atoms with E-state index in [0.29, 0.717) is 35.7 Å². The first-order valence-corrected chi connectivity index (χ1v) is 12.8. The summed E-state index contributed by atoms with van der Waals surface area (Å²) in [6, 6.07) is 31.3. The zero-order valence-corrected chi connectivity index (χ0v) is 20.5. The van der Waals surface area contributed by atoms with Gasteiger partial charge in [-0.05, 0) is 52.6 Å². The summed E-state index contributed by atoms with van der Waals surface area (Å²) in [6.45, 7) is 0. The van der Waals surface area contributed by atoms with Crippen LogP contribution in [0, 0.1) is 0 Å². The van der Waals surface area contributed by atoms with Crippen molar-refractivity contribution in [2.75, 3.05) is 5.73 Å². The summed E-state index contributed by atoms with van der Waals surface area (Å²) in [6.07, 6.45) is 2.93. The molecule has 3 aromatic carbocycles. The predicted molar refractivity (Wildman–Crippen MR) is 145 cm³/mol. The Morgan fingerprint density at radius 1 is 0.892 bits per heavy atom. The van der Waals surface area contributed by atoms with E-state index in [9.17, 15) is 4.79 Å². The third-order valence-corrected chi connectivity index (χ3v) is 7.64. The second kappa shape index (κ2) is 9.97. The van der Waals surface area contributed by atoms with Crippen molar-refractivity contribution < 1.29 is 4.79 Å². The van der Waals surface area contributed by atoms with Crippen LogP contribution in [0.4, 0.5) is 5.82 Å². The van der Waals surface area contributed by atoms with E-state index in [1.807, 2.05) is 24.3 Å².